The minimum absolute atomic E-state index is 0.241. The summed E-state index contributed by atoms with van der Waals surface area (Å²) in [7, 11) is 0. The van der Waals surface area contributed by atoms with Crippen molar-refractivity contribution in [1.82, 2.24) is 9.97 Å². The van der Waals surface area contributed by atoms with Crippen molar-refractivity contribution in [2.75, 3.05) is 11.1 Å². The predicted octanol–water partition coefficient (Wildman–Crippen LogP) is 3.27. The molecule has 0 spiro atoms. The maximum atomic E-state index is 12.9. The lowest BCUT2D eigenvalue weighted by Crippen LogP contribution is -2.04. The molecule has 5 heteroatoms. The Morgan fingerprint density at radius 1 is 1.10 bits per heavy atom. The number of benzene rings is 2. The first-order valence-corrected chi connectivity index (χ1v) is 6.64. The number of rotatable bonds is 3. The molecule has 0 radical (unpaired) electrons. The number of nitrogens with one attached hydrogen (secondary N) is 1. The lowest BCUT2D eigenvalue weighted by atomic mass is 10.2. The normalized spacial score (nSPS) is 10.8. The number of fused-ring (bicyclic) bond motifs is 1. The van der Waals surface area contributed by atoms with Gasteiger partial charge in [-0.05, 0) is 42.8 Å². The van der Waals surface area contributed by atoms with E-state index in [0.29, 0.717) is 18.1 Å². The Labute approximate surface area is 121 Å². The van der Waals surface area contributed by atoms with E-state index >= 15 is 0 Å². The lowest BCUT2D eigenvalue weighted by molar-refractivity contribution is 0.627. The standard InChI is InChI=1S/C16H15FN4/c1-10-20-15-7-6-13(18)8-14(15)16(21-10)19-9-11-2-4-12(17)5-3-11/h2-8H,9,18H2,1H3,(H,19,20,21). The van der Waals surface area contributed by atoms with E-state index in [1.54, 1.807) is 12.1 Å². The van der Waals surface area contributed by atoms with Gasteiger partial charge in [0.25, 0.3) is 0 Å². The molecule has 1 heterocycles. The monoisotopic (exact) mass is 282 g/mol. The van der Waals surface area contributed by atoms with Gasteiger partial charge in [-0.1, -0.05) is 12.1 Å². The maximum Gasteiger partial charge on any atom is 0.137 e. The van der Waals surface area contributed by atoms with Gasteiger partial charge in [0.15, 0.2) is 0 Å². The van der Waals surface area contributed by atoms with E-state index in [0.717, 1.165) is 22.3 Å². The van der Waals surface area contributed by atoms with Crippen molar-refractivity contribution >= 4 is 22.4 Å². The zero-order valence-electron chi connectivity index (χ0n) is 11.6. The zero-order chi connectivity index (χ0) is 14.8. The molecule has 0 aliphatic carbocycles. The number of nitrogen functional groups attached to an aromatic ring is 1. The molecule has 0 fully saturated rings. The average Bonchev–Trinajstić information content (AvgIpc) is 2.47. The fourth-order valence-corrected chi connectivity index (χ4v) is 2.18. The third-order valence-electron chi connectivity index (χ3n) is 3.20. The maximum absolute atomic E-state index is 12.9. The summed E-state index contributed by atoms with van der Waals surface area (Å²) in [6.45, 7) is 2.40. The van der Waals surface area contributed by atoms with E-state index in [1.165, 1.54) is 12.1 Å². The van der Waals surface area contributed by atoms with Crippen LogP contribution in [-0.4, -0.2) is 9.97 Å². The molecule has 2 aromatic carbocycles. The van der Waals surface area contributed by atoms with Crippen LogP contribution in [0.2, 0.25) is 0 Å². The molecule has 0 saturated heterocycles. The van der Waals surface area contributed by atoms with Crippen molar-refractivity contribution in [3.05, 3.63) is 59.7 Å². The number of hydrogen-bond donors (Lipinski definition) is 2. The van der Waals surface area contributed by atoms with E-state index in [1.807, 2.05) is 25.1 Å². The average molecular weight is 282 g/mol. The van der Waals surface area contributed by atoms with Gasteiger partial charge in [0.2, 0.25) is 0 Å². The Hall–Kier alpha value is -2.69. The Kier molecular flexibility index (Phi) is 3.39. The van der Waals surface area contributed by atoms with Crippen molar-refractivity contribution < 1.29 is 4.39 Å². The summed E-state index contributed by atoms with van der Waals surface area (Å²) in [6, 6.07) is 11.9. The van der Waals surface area contributed by atoms with Crippen molar-refractivity contribution in [3.63, 3.8) is 0 Å². The molecular weight excluding hydrogens is 267 g/mol. The minimum Gasteiger partial charge on any atom is -0.399 e. The van der Waals surface area contributed by atoms with Crippen LogP contribution in [0, 0.1) is 12.7 Å². The third-order valence-corrected chi connectivity index (χ3v) is 3.20. The Morgan fingerprint density at radius 3 is 2.62 bits per heavy atom. The second-order valence-electron chi connectivity index (χ2n) is 4.88. The SMILES string of the molecule is Cc1nc(NCc2ccc(F)cc2)c2cc(N)ccc2n1. The van der Waals surface area contributed by atoms with Gasteiger partial charge in [0, 0.05) is 17.6 Å². The fraction of sp³-hybridized carbons (Fsp3) is 0.125. The van der Waals surface area contributed by atoms with Gasteiger partial charge in [-0.25, -0.2) is 14.4 Å². The van der Waals surface area contributed by atoms with Gasteiger partial charge in [-0.2, -0.15) is 0 Å². The number of hydrogen-bond acceptors (Lipinski definition) is 4. The highest BCUT2D eigenvalue weighted by molar-refractivity contribution is 5.91. The van der Waals surface area contributed by atoms with Gasteiger partial charge >= 0.3 is 0 Å². The molecule has 0 aliphatic rings. The van der Waals surface area contributed by atoms with Gasteiger partial charge < -0.3 is 11.1 Å². The molecule has 106 valence electrons. The van der Waals surface area contributed by atoms with E-state index in [-0.39, 0.29) is 5.82 Å². The smallest absolute Gasteiger partial charge is 0.137 e. The van der Waals surface area contributed by atoms with Crippen LogP contribution in [0.5, 0.6) is 0 Å². The van der Waals surface area contributed by atoms with Gasteiger partial charge in [0.1, 0.15) is 17.5 Å². The Morgan fingerprint density at radius 2 is 1.86 bits per heavy atom. The number of nitrogens with two attached hydrogens (primary N) is 1. The Bertz CT molecular complexity index is 784. The molecule has 21 heavy (non-hydrogen) atoms. The first-order valence-electron chi connectivity index (χ1n) is 6.64. The van der Waals surface area contributed by atoms with E-state index < -0.39 is 0 Å². The summed E-state index contributed by atoms with van der Waals surface area (Å²) in [5.41, 5.74) is 8.32. The van der Waals surface area contributed by atoms with Crippen LogP contribution >= 0.6 is 0 Å². The van der Waals surface area contributed by atoms with Gasteiger partial charge in [-0.15, -0.1) is 0 Å². The van der Waals surface area contributed by atoms with Crippen LogP contribution in [0.15, 0.2) is 42.5 Å². The van der Waals surface area contributed by atoms with Gasteiger partial charge in [-0.3, -0.25) is 0 Å². The highest BCUT2D eigenvalue weighted by atomic mass is 19.1. The van der Waals surface area contributed by atoms with E-state index in [4.69, 9.17) is 5.73 Å². The van der Waals surface area contributed by atoms with Crippen LogP contribution in [0.25, 0.3) is 10.9 Å². The topological polar surface area (TPSA) is 63.8 Å². The quantitative estimate of drug-likeness (QED) is 0.724. The van der Waals surface area contributed by atoms with Gasteiger partial charge in [0.05, 0.1) is 5.52 Å². The second-order valence-corrected chi connectivity index (χ2v) is 4.88. The van der Waals surface area contributed by atoms with Crippen molar-refractivity contribution in [2.24, 2.45) is 0 Å². The molecule has 3 N–H and O–H groups in total. The van der Waals surface area contributed by atoms with Crippen molar-refractivity contribution in [3.8, 4) is 0 Å². The zero-order valence-corrected chi connectivity index (χ0v) is 11.6. The molecule has 0 aliphatic heterocycles. The summed E-state index contributed by atoms with van der Waals surface area (Å²) >= 11 is 0. The first-order chi connectivity index (χ1) is 10.1. The summed E-state index contributed by atoms with van der Waals surface area (Å²) < 4.78 is 12.9. The molecule has 0 amide bonds. The molecule has 3 aromatic rings. The largest absolute Gasteiger partial charge is 0.399 e. The number of halogens is 1. The summed E-state index contributed by atoms with van der Waals surface area (Å²) in [5.74, 6) is 1.18. The summed E-state index contributed by atoms with van der Waals surface area (Å²) in [6.07, 6.45) is 0. The number of nitrogens with zero attached hydrogens (tertiary/aromatic N) is 2. The molecule has 1 aromatic heterocycles. The molecule has 0 bridgehead atoms. The molecule has 3 rings (SSSR count). The van der Waals surface area contributed by atoms with Crippen LogP contribution < -0.4 is 11.1 Å². The van der Waals surface area contributed by atoms with Crippen LogP contribution in [0.4, 0.5) is 15.9 Å². The lowest BCUT2D eigenvalue weighted by Gasteiger charge is -2.10. The molecule has 0 saturated carbocycles. The van der Waals surface area contributed by atoms with Crippen LogP contribution in [0.1, 0.15) is 11.4 Å². The molecular formula is C16H15FN4. The third kappa shape index (κ3) is 2.91. The number of anilines is 2. The second kappa shape index (κ2) is 5.36. The molecule has 0 atom stereocenters. The first kappa shape index (κ1) is 13.3. The fourth-order valence-electron chi connectivity index (χ4n) is 2.18. The van der Waals surface area contributed by atoms with E-state index in [2.05, 4.69) is 15.3 Å². The summed E-state index contributed by atoms with van der Waals surface area (Å²) in [5, 5.41) is 4.14. The van der Waals surface area contributed by atoms with Crippen LogP contribution in [0.3, 0.4) is 0 Å². The van der Waals surface area contributed by atoms with Crippen molar-refractivity contribution in [1.29, 1.82) is 0 Å². The molecule has 4 nitrogen and oxygen atoms in total. The van der Waals surface area contributed by atoms with Crippen LogP contribution in [-0.2, 0) is 6.54 Å². The highest BCUT2D eigenvalue weighted by Gasteiger charge is 2.06. The molecule has 0 unspecified atom stereocenters. The van der Waals surface area contributed by atoms with E-state index in [9.17, 15) is 4.39 Å². The highest BCUT2D eigenvalue weighted by Crippen LogP contribution is 2.23. The van der Waals surface area contributed by atoms with Crippen molar-refractivity contribution in [2.45, 2.75) is 13.5 Å². The predicted molar refractivity (Wildman–Crippen MR) is 82.4 cm³/mol. The number of aryl methyl sites for hydroxylation is 1. The Balaban J connectivity index is 1.92. The summed E-state index contributed by atoms with van der Waals surface area (Å²) in [4.78, 5) is 8.81. The number of aromatic nitrogens is 2. The minimum atomic E-state index is -0.241.